The molecule has 1 aromatic carbocycles. The SMILES string of the molecule is CCCc1nc(-c2ccc(Br)c(Cl)c2)c(N)n1C1CC1. The van der Waals surface area contributed by atoms with Gasteiger partial charge in [0.2, 0.25) is 0 Å². The molecule has 1 aromatic heterocycles. The standard InChI is InChI=1S/C15H17BrClN3/c1-2-3-13-19-14(15(18)20(13)10-5-6-10)9-4-7-11(16)12(17)8-9/h4,7-8,10H,2-3,5-6,18H2,1H3. The highest BCUT2D eigenvalue weighted by molar-refractivity contribution is 9.10. The number of rotatable bonds is 4. The minimum Gasteiger partial charge on any atom is -0.383 e. The van der Waals surface area contributed by atoms with Gasteiger partial charge in [-0.25, -0.2) is 4.98 Å². The zero-order chi connectivity index (χ0) is 14.3. The second kappa shape index (κ2) is 5.41. The van der Waals surface area contributed by atoms with Gasteiger partial charge in [0.15, 0.2) is 0 Å². The average molecular weight is 355 g/mol. The lowest BCUT2D eigenvalue weighted by molar-refractivity contribution is 0.676. The van der Waals surface area contributed by atoms with Gasteiger partial charge in [-0.3, -0.25) is 0 Å². The molecule has 3 rings (SSSR count). The lowest BCUT2D eigenvalue weighted by atomic mass is 10.1. The Balaban J connectivity index is 2.08. The quantitative estimate of drug-likeness (QED) is 0.854. The van der Waals surface area contributed by atoms with Crippen molar-refractivity contribution in [3.8, 4) is 11.3 Å². The normalized spacial score (nSPS) is 14.8. The number of imidazole rings is 1. The molecule has 1 aliphatic rings. The van der Waals surface area contributed by atoms with Gasteiger partial charge in [-0.15, -0.1) is 0 Å². The van der Waals surface area contributed by atoms with Gasteiger partial charge in [-0.1, -0.05) is 24.6 Å². The number of aromatic nitrogens is 2. The van der Waals surface area contributed by atoms with Crippen LogP contribution in [0.5, 0.6) is 0 Å². The van der Waals surface area contributed by atoms with Crippen molar-refractivity contribution in [2.24, 2.45) is 0 Å². The van der Waals surface area contributed by atoms with Gasteiger partial charge in [-0.2, -0.15) is 0 Å². The van der Waals surface area contributed by atoms with Gasteiger partial charge >= 0.3 is 0 Å². The summed E-state index contributed by atoms with van der Waals surface area (Å²) in [6.45, 7) is 2.16. The van der Waals surface area contributed by atoms with Crippen LogP contribution in [0.25, 0.3) is 11.3 Å². The molecule has 0 spiro atoms. The Bertz CT molecular complexity index is 647. The summed E-state index contributed by atoms with van der Waals surface area (Å²) in [6.07, 6.45) is 4.45. The van der Waals surface area contributed by atoms with Gasteiger partial charge in [0, 0.05) is 22.5 Å². The number of hydrogen-bond acceptors (Lipinski definition) is 2. The minimum absolute atomic E-state index is 0.545. The maximum atomic E-state index is 6.34. The molecule has 1 fully saturated rings. The van der Waals surface area contributed by atoms with Crippen LogP contribution < -0.4 is 5.73 Å². The highest BCUT2D eigenvalue weighted by atomic mass is 79.9. The molecule has 0 atom stereocenters. The van der Waals surface area contributed by atoms with Crippen LogP contribution in [0.1, 0.15) is 38.1 Å². The molecule has 106 valence electrons. The van der Waals surface area contributed by atoms with Crippen molar-refractivity contribution in [1.82, 2.24) is 9.55 Å². The molecule has 0 aliphatic heterocycles. The summed E-state index contributed by atoms with van der Waals surface area (Å²) in [4.78, 5) is 4.77. The molecule has 1 saturated carbocycles. The first-order valence-electron chi connectivity index (χ1n) is 6.93. The van der Waals surface area contributed by atoms with Gasteiger partial charge in [0.05, 0.1) is 5.02 Å². The van der Waals surface area contributed by atoms with E-state index < -0.39 is 0 Å². The summed E-state index contributed by atoms with van der Waals surface area (Å²) < 4.78 is 3.10. The molecule has 1 heterocycles. The lowest BCUT2D eigenvalue weighted by Gasteiger charge is -2.07. The van der Waals surface area contributed by atoms with E-state index in [1.54, 1.807) is 0 Å². The van der Waals surface area contributed by atoms with E-state index in [9.17, 15) is 0 Å². The smallest absolute Gasteiger partial charge is 0.131 e. The van der Waals surface area contributed by atoms with Crippen LogP contribution in [0.2, 0.25) is 5.02 Å². The number of aryl methyl sites for hydroxylation is 1. The average Bonchev–Trinajstić information content (AvgIpc) is 3.19. The van der Waals surface area contributed by atoms with Gasteiger partial charge < -0.3 is 10.3 Å². The highest BCUT2D eigenvalue weighted by Gasteiger charge is 2.29. The number of hydrogen-bond donors (Lipinski definition) is 1. The van der Waals surface area contributed by atoms with Crippen molar-refractivity contribution in [3.63, 3.8) is 0 Å². The minimum atomic E-state index is 0.545. The zero-order valence-corrected chi connectivity index (χ0v) is 13.7. The van der Waals surface area contributed by atoms with Gasteiger partial charge in [0.1, 0.15) is 17.3 Å². The Kier molecular flexibility index (Phi) is 3.78. The van der Waals surface area contributed by atoms with Crippen molar-refractivity contribution in [3.05, 3.63) is 33.5 Å². The molecule has 2 N–H and O–H groups in total. The van der Waals surface area contributed by atoms with Crippen LogP contribution in [0, 0.1) is 0 Å². The van der Waals surface area contributed by atoms with Crippen LogP contribution in [0.15, 0.2) is 22.7 Å². The topological polar surface area (TPSA) is 43.8 Å². The monoisotopic (exact) mass is 353 g/mol. The number of halogens is 2. The summed E-state index contributed by atoms with van der Waals surface area (Å²) in [5, 5.41) is 0.680. The third-order valence-corrected chi connectivity index (χ3v) is 4.83. The summed E-state index contributed by atoms with van der Waals surface area (Å²) in [7, 11) is 0. The summed E-state index contributed by atoms with van der Waals surface area (Å²) in [6, 6.07) is 6.40. The third kappa shape index (κ3) is 2.47. The second-order valence-corrected chi connectivity index (χ2v) is 6.50. The molecule has 0 unspecified atom stereocenters. The van der Waals surface area contributed by atoms with Crippen molar-refractivity contribution in [2.45, 2.75) is 38.6 Å². The Labute approximate surface area is 132 Å². The second-order valence-electron chi connectivity index (χ2n) is 5.24. The molecule has 1 aliphatic carbocycles. The summed E-state index contributed by atoms with van der Waals surface area (Å²) >= 11 is 9.59. The largest absolute Gasteiger partial charge is 0.383 e. The number of anilines is 1. The molecule has 20 heavy (non-hydrogen) atoms. The van der Waals surface area contributed by atoms with E-state index in [2.05, 4.69) is 27.4 Å². The van der Waals surface area contributed by atoms with Gasteiger partial charge in [0.25, 0.3) is 0 Å². The molecule has 0 saturated heterocycles. The Hall–Kier alpha value is -1.00. The van der Waals surface area contributed by atoms with E-state index in [1.807, 2.05) is 18.2 Å². The molecule has 0 bridgehead atoms. The fourth-order valence-electron chi connectivity index (χ4n) is 2.49. The summed E-state index contributed by atoms with van der Waals surface area (Å²) in [5.74, 6) is 1.87. The third-order valence-electron chi connectivity index (χ3n) is 3.60. The molecule has 2 aromatic rings. The van der Waals surface area contributed by atoms with Crippen molar-refractivity contribution < 1.29 is 0 Å². The van der Waals surface area contributed by atoms with Gasteiger partial charge in [-0.05, 0) is 47.3 Å². The first kappa shape index (κ1) is 14.0. The first-order chi connectivity index (χ1) is 9.61. The molecular weight excluding hydrogens is 338 g/mol. The fraction of sp³-hybridized carbons (Fsp3) is 0.400. The van der Waals surface area contributed by atoms with E-state index in [1.165, 1.54) is 12.8 Å². The Morgan fingerprint density at radius 1 is 1.45 bits per heavy atom. The first-order valence-corrected chi connectivity index (χ1v) is 8.11. The predicted octanol–water partition coefficient (Wildman–Crippen LogP) is 4.84. The van der Waals surface area contributed by atoms with E-state index >= 15 is 0 Å². The van der Waals surface area contributed by atoms with Crippen LogP contribution >= 0.6 is 27.5 Å². The van der Waals surface area contributed by atoms with Crippen LogP contribution in [-0.2, 0) is 6.42 Å². The zero-order valence-electron chi connectivity index (χ0n) is 11.4. The van der Waals surface area contributed by atoms with E-state index in [4.69, 9.17) is 22.3 Å². The van der Waals surface area contributed by atoms with Crippen molar-refractivity contribution in [2.75, 3.05) is 5.73 Å². The van der Waals surface area contributed by atoms with E-state index in [0.29, 0.717) is 11.1 Å². The maximum absolute atomic E-state index is 6.34. The number of nitrogens with two attached hydrogens (primary N) is 1. The molecule has 0 amide bonds. The van der Waals surface area contributed by atoms with E-state index in [-0.39, 0.29) is 0 Å². The maximum Gasteiger partial charge on any atom is 0.131 e. The van der Waals surface area contributed by atoms with E-state index in [0.717, 1.165) is 40.2 Å². The molecule has 3 nitrogen and oxygen atoms in total. The highest BCUT2D eigenvalue weighted by Crippen LogP contribution is 2.41. The van der Waals surface area contributed by atoms with Crippen LogP contribution in [0.3, 0.4) is 0 Å². The molecule has 0 radical (unpaired) electrons. The Morgan fingerprint density at radius 2 is 2.20 bits per heavy atom. The molecule has 5 heteroatoms. The molecular formula is C15H17BrClN3. The van der Waals surface area contributed by atoms with Crippen LogP contribution in [-0.4, -0.2) is 9.55 Å². The number of nitrogens with zero attached hydrogens (tertiary/aromatic N) is 2. The number of benzene rings is 1. The van der Waals surface area contributed by atoms with Crippen LogP contribution in [0.4, 0.5) is 5.82 Å². The number of nitrogen functional groups attached to an aromatic ring is 1. The predicted molar refractivity (Wildman–Crippen MR) is 87.1 cm³/mol. The fourth-order valence-corrected chi connectivity index (χ4v) is 2.92. The lowest BCUT2D eigenvalue weighted by Crippen LogP contribution is -2.05. The Morgan fingerprint density at radius 3 is 2.80 bits per heavy atom. The van der Waals surface area contributed by atoms with Crippen molar-refractivity contribution >= 4 is 33.3 Å². The summed E-state index contributed by atoms with van der Waals surface area (Å²) in [5.41, 5.74) is 8.18. The van der Waals surface area contributed by atoms with Crippen molar-refractivity contribution in [1.29, 1.82) is 0 Å².